The van der Waals surface area contributed by atoms with E-state index in [0.29, 0.717) is 23.8 Å². The van der Waals surface area contributed by atoms with Crippen LogP contribution < -0.4 is 0 Å². The fraction of sp³-hybridized carbons (Fsp3) is 0.214. The molecule has 102 valence electrons. The Morgan fingerprint density at radius 2 is 2.40 bits per heavy atom. The molecule has 1 aliphatic rings. The molecule has 1 aromatic heterocycles. The maximum atomic E-state index is 10.0. The molecule has 6 heteroatoms. The highest BCUT2D eigenvalue weighted by Gasteiger charge is 2.08. The fourth-order valence-electron chi connectivity index (χ4n) is 1.55. The molecule has 20 heavy (non-hydrogen) atoms. The van der Waals surface area contributed by atoms with Crippen LogP contribution in [-0.4, -0.2) is 22.9 Å². The predicted octanol–water partition coefficient (Wildman–Crippen LogP) is 2.86. The molecular weight excluding hydrogens is 256 g/mol. The van der Waals surface area contributed by atoms with Gasteiger partial charge >= 0.3 is 0 Å². The van der Waals surface area contributed by atoms with E-state index in [9.17, 15) is 4.91 Å². The molecule has 0 saturated heterocycles. The van der Waals surface area contributed by atoms with Crippen molar-refractivity contribution in [2.24, 2.45) is 10.2 Å². The van der Waals surface area contributed by atoms with Crippen LogP contribution in [0.2, 0.25) is 0 Å². The second kappa shape index (κ2) is 7.08. The zero-order chi connectivity index (χ0) is 14.2. The molecule has 0 N–H and O–H groups in total. The van der Waals surface area contributed by atoms with Crippen molar-refractivity contribution in [3.05, 3.63) is 59.2 Å². The minimum Gasteiger partial charge on any atom is -0.339 e. The van der Waals surface area contributed by atoms with Crippen molar-refractivity contribution in [2.75, 3.05) is 6.54 Å². The Morgan fingerprint density at radius 1 is 1.50 bits per heavy atom. The first-order valence-corrected chi connectivity index (χ1v) is 6.17. The molecule has 0 amide bonds. The summed E-state index contributed by atoms with van der Waals surface area (Å²) in [5, 5.41) is 6.48. The van der Waals surface area contributed by atoms with Gasteiger partial charge in [0.1, 0.15) is 5.70 Å². The van der Waals surface area contributed by atoms with Gasteiger partial charge in [-0.1, -0.05) is 41.2 Å². The Balaban J connectivity index is 1.94. The van der Waals surface area contributed by atoms with Gasteiger partial charge in [-0.2, -0.15) is 9.89 Å². The third-order valence-electron chi connectivity index (χ3n) is 2.57. The highest BCUT2D eigenvalue weighted by Crippen LogP contribution is 2.11. The van der Waals surface area contributed by atoms with Crippen molar-refractivity contribution in [3.63, 3.8) is 0 Å². The lowest BCUT2D eigenvalue weighted by Gasteiger charge is -1.98. The molecule has 0 atom stereocenters. The minimum absolute atomic E-state index is 0.114. The zero-order valence-corrected chi connectivity index (χ0v) is 10.9. The number of aliphatic imine (C=N–C) groups is 1. The summed E-state index contributed by atoms with van der Waals surface area (Å²) >= 11 is 0. The van der Waals surface area contributed by atoms with Gasteiger partial charge in [-0.05, 0) is 18.1 Å². The monoisotopic (exact) mass is 270 g/mol. The second-order valence-electron chi connectivity index (χ2n) is 4.07. The lowest BCUT2D eigenvalue weighted by molar-refractivity contribution is 0.377. The normalized spacial score (nSPS) is 16.1. The maximum Gasteiger partial charge on any atom is 0.229 e. The molecule has 2 rings (SSSR count). The zero-order valence-electron chi connectivity index (χ0n) is 10.9. The number of nitrogens with zero attached hydrogens (tertiary/aromatic N) is 4. The fourth-order valence-corrected chi connectivity index (χ4v) is 1.55. The lowest BCUT2D eigenvalue weighted by atomic mass is 10.1. The lowest BCUT2D eigenvalue weighted by Crippen LogP contribution is -1.89. The summed E-state index contributed by atoms with van der Waals surface area (Å²) in [6.45, 7) is 3.89. The molecule has 0 fully saturated rings. The average molecular weight is 270 g/mol. The molecule has 0 aromatic carbocycles. The van der Waals surface area contributed by atoms with Gasteiger partial charge in [-0.25, -0.2) is 0 Å². The number of allylic oxidation sites excluding steroid dienone is 6. The molecule has 0 saturated carbocycles. The number of hydrogen-bond acceptors (Lipinski definition) is 6. The van der Waals surface area contributed by atoms with Crippen LogP contribution in [0.25, 0.3) is 5.70 Å². The summed E-state index contributed by atoms with van der Waals surface area (Å²) in [6, 6.07) is 0. The molecule has 1 aromatic rings. The van der Waals surface area contributed by atoms with Gasteiger partial charge in [0.2, 0.25) is 11.7 Å². The van der Waals surface area contributed by atoms with Gasteiger partial charge in [0.25, 0.3) is 0 Å². The Kier molecular flexibility index (Phi) is 4.88. The summed E-state index contributed by atoms with van der Waals surface area (Å²) in [6.07, 6.45) is 12.9. The highest BCUT2D eigenvalue weighted by molar-refractivity contribution is 5.79. The first-order valence-electron chi connectivity index (χ1n) is 6.17. The van der Waals surface area contributed by atoms with E-state index in [4.69, 9.17) is 4.52 Å². The summed E-state index contributed by atoms with van der Waals surface area (Å²) in [5.74, 6) is 0.675. The maximum absolute atomic E-state index is 10.0. The van der Waals surface area contributed by atoms with Crippen molar-refractivity contribution in [1.82, 2.24) is 10.1 Å². The van der Waals surface area contributed by atoms with E-state index in [2.05, 4.69) is 33.0 Å². The van der Waals surface area contributed by atoms with Crippen LogP contribution in [-0.2, 0) is 6.42 Å². The van der Waals surface area contributed by atoms with Crippen molar-refractivity contribution < 1.29 is 4.52 Å². The molecule has 6 nitrogen and oxygen atoms in total. The predicted molar refractivity (Wildman–Crippen MR) is 77.2 cm³/mol. The molecule has 0 bridgehead atoms. The summed E-state index contributed by atoms with van der Waals surface area (Å²) in [7, 11) is 0. The molecule has 0 aliphatic heterocycles. The average Bonchev–Trinajstić information content (AvgIpc) is 2.95. The van der Waals surface area contributed by atoms with E-state index in [0.717, 1.165) is 12.0 Å². The van der Waals surface area contributed by atoms with Gasteiger partial charge in [0, 0.05) is 6.21 Å². The van der Waals surface area contributed by atoms with Gasteiger partial charge in [0.05, 0.1) is 13.0 Å². The Hall–Kier alpha value is -2.63. The van der Waals surface area contributed by atoms with E-state index in [-0.39, 0.29) is 6.54 Å². The van der Waals surface area contributed by atoms with E-state index in [1.165, 1.54) is 0 Å². The van der Waals surface area contributed by atoms with Gasteiger partial charge in [-0.15, -0.1) is 0 Å². The van der Waals surface area contributed by atoms with Crippen LogP contribution in [0.5, 0.6) is 0 Å². The van der Waals surface area contributed by atoms with Crippen LogP contribution in [0.3, 0.4) is 0 Å². The van der Waals surface area contributed by atoms with E-state index in [1.54, 1.807) is 6.21 Å². The quantitative estimate of drug-likeness (QED) is 0.588. The van der Waals surface area contributed by atoms with Crippen molar-refractivity contribution in [3.8, 4) is 0 Å². The number of nitroso groups, excluding NO2 is 1. The molecule has 0 radical (unpaired) electrons. The van der Waals surface area contributed by atoms with Crippen LogP contribution in [0.15, 0.2) is 57.2 Å². The molecule has 1 heterocycles. The molecule has 0 unspecified atom stereocenters. The number of aromatic nitrogens is 2. The number of rotatable bonds is 6. The first-order chi connectivity index (χ1) is 9.79. The summed E-state index contributed by atoms with van der Waals surface area (Å²) < 4.78 is 4.95. The van der Waals surface area contributed by atoms with Gasteiger partial charge < -0.3 is 4.52 Å². The standard InChI is InChI=1S/C14H14N4O2/c1-11(14-17-13(20-18-14)8-10-16-19)15-9-7-12-5-3-2-4-6-12/h2-5,7,9H,1,6,8,10H2/b12-7-,15-9-. The van der Waals surface area contributed by atoms with Gasteiger partial charge in [0.15, 0.2) is 0 Å². The Labute approximate surface area is 116 Å². The van der Waals surface area contributed by atoms with Crippen LogP contribution in [0.4, 0.5) is 0 Å². The third kappa shape index (κ3) is 3.94. The summed E-state index contributed by atoms with van der Waals surface area (Å²) in [5.41, 5.74) is 1.57. The van der Waals surface area contributed by atoms with E-state index in [1.807, 2.05) is 24.3 Å². The topological polar surface area (TPSA) is 80.7 Å². The van der Waals surface area contributed by atoms with Crippen LogP contribution in [0, 0.1) is 4.91 Å². The van der Waals surface area contributed by atoms with E-state index < -0.39 is 0 Å². The van der Waals surface area contributed by atoms with Crippen LogP contribution >= 0.6 is 0 Å². The SMILES string of the molecule is C=C(/N=C\C=C1\C=CC=CC1)c1noc(CCN=O)n1. The third-order valence-corrected chi connectivity index (χ3v) is 2.57. The van der Waals surface area contributed by atoms with Crippen molar-refractivity contribution in [1.29, 1.82) is 0 Å². The largest absolute Gasteiger partial charge is 0.339 e. The van der Waals surface area contributed by atoms with Crippen molar-refractivity contribution in [2.45, 2.75) is 12.8 Å². The Bertz CT molecular complexity index is 608. The Morgan fingerprint density at radius 3 is 3.15 bits per heavy atom. The minimum atomic E-state index is 0.114. The van der Waals surface area contributed by atoms with Crippen LogP contribution in [0.1, 0.15) is 18.1 Å². The smallest absolute Gasteiger partial charge is 0.229 e. The number of hydrogen-bond donors (Lipinski definition) is 0. The second-order valence-corrected chi connectivity index (χ2v) is 4.07. The van der Waals surface area contributed by atoms with Crippen molar-refractivity contribution >= 4 is 11.9 Å². The highest BCUT2D eigenvalue weighted by atomic mass is 16.5. The first kappa shape index (κ1) is 13.8. The summed E-state index contributed by atoms with van der Waals surface area (Å²) in [4.78, 5) is 18.2. The molecular formula is C14H14N4O2. The van der Waals surface area contributed by atoms with Gasteiger partial charge in [-0.3, -0.25) is 4.99 Å². The molecule has 1 aliphatic carbocycles. The molecule has 0 spiro atoms. The van der Waals surface area contributed by atoms with E-state index >= 15 is 0 Å².